The summed E-state index contributed by atoms with van der Waals surface area (Å²) in [5, 5.41) is 11.7. The Balaban J connectivity index is 2.36. The molecule has 3 rings (SSSR count). The van der Waals surface area contributed by atoms with Crippen molar-refractivity contribution in [2.45, 2.75) is 0 Å². The number of carboxylic acids is 1. The lowest BCUT2D eigenvalue weighted by Crippen LogP contribution is -1.96. The fourth-order valence-corrected chi connectivity index (χ4v) is 3.48. The lowest BCUT2D eigenvalue weighted by Gasteiger charge is -2.08. The van der Waals surface area contributed by atoms with Crippen LogP contribution in [0.25, 0.3) is 17.4 Å². The molecular weight excluding hydrogens is 308 g/mol. The molecule has 5 heteroatoms. The number of carboxylic acid groups (broad SMARTS) is 1. The molecule has 0 amide bonds. The Bertz CT molecular complexity index is 787. The number of carbonyl (C=O) groups is 1. The molecule has 1 N–H and O–H groups in total. The van der Waals surface area contributed by atoms with Gasteiger partial charge in [0.15, 0.2) is 0 Å². The van der Waals surface area contributed by atoms with E-state index in [0.29, 0.717) is 16.4 Å². The predicted molar refractivity (Wildman–Crippen MR) is 85.4 cm³/mol. The smallest absolute Gasteiger partial charge is 0.328 e. The van der Waals surface area contributed by atoms with Crippen LogP contribution < -0.4 is 0 Å². The van der Waals surface area contributed by atoms with Crippen molar-refractivity contribution in [1.29, 1.82) is 0 Å². The normalized spacial score (nSPS) is 15.0. The van der Waals surface area contributed by atoms with Gasteiger partial charge < -0.3 is 9.84 Å². The Morgan fingerprint density at radius 2 is 2.14 bits per heavy atom. The van der Waals surface area contributed by atoms with Gasteiger partial charge in [-0.1, -0.05) is 17.7 Å². The highest BCUT2D eigenvalue weighted by atomic mass is 35.5. The number of halogens is 1. The third kappa shape index (κ3) is 2.48. The molecule has 0 aliphatic heterocycles. The predicted octanol–water partition coefficient (Wildman–Crippen LogP) is 4.38. The van der Waals surface area contributed by atoms with E-state index in [2.05, 4.69) is 0 Å². The van der Waals surface area contributed by atoms with E-state index in [1.807, 2.05) is 29.7 Å². The fraction of sp³-hybridized carbons (Fsp3) is 0.0625. The van der Waals surface area contributed by atoms with Crippen LogP contribution in [0.1, 0.15) is 21.6 Å². The van der Waals surface area contributed by atoms with Crippen molar-refractivity contribution in [3.63, 3.8) is 0 Å². The van der Waals surface area contributed by atoms with Crippen LogP contribution in [-0.2, 0) is 9.53 Å². The number of methoxy groups -OCH3 is 1. The molecule has 0 spiro atoms. The van der Waals surface area contributed by atoms with Gasteiger partial charge in [0, 0.05) is 16.7 Å². The number of ether oxygens (including phenoxy) is 1. The van der Waals surface area contributed by atoms with E-state index in [9.17, 15) is 9.90 Å². The van der Waals surface area contributed by atoms with Crippen LogP contribution in [0.3, 0.4) is 0 Å². The summed E-state index contributed by atoms with van der Waals surface area (Å²) in [5.74, 6) is -0.277. The van der Waals surface area contributed by atoms with Crippen molar-refractivity contribution in [1.82, 2.24) is 0 Å². The Morgan fingerprint density at radius 1 is 1.33 bits per heavy atom. The fourth-order valence-electron chi connectivity index (χ4n) is 2.39. The number of benzene rings is 1. The van der Waals surface area contributed by atoms with Crippen LogP contribution in [0.4, 0.5) is 0 Å². The van der Waals surface area contributed by atoms with Crippen LogP contribution in [0, 0.1) is 0 Å². The zero-order chi connectivity index (χ0) is 15.0. The molecule has 0 bridgehead atoms. The van der Waals surface area contributed by atoms with Gasteiger partial charge in [-0.15, -0.1) is 11.3 Å². The molecule has 1 aliphatic rings. The number of hydrogen-bond acceptors (Lipinski definition) is 3. The maximum Gasteiger partial charge on any atom is 0.328 e. The second kappa shape index (κ2) is 5.39. The van der Waals surface area contributed by atoms with Crippen LogP contribution in [0.2, 0.25) is 5.02 Å². The Hall–Kier alpha value is -2.04. The first-order valence-corrected chi connectivity index (χ1v) is 7.44. The zero-order valence-corrected chi connectivity index (χ0v) is 12.7. The van der Waals surface area contributed by atoms with Gasteiger partial charge in [-0.05, 0) is 46.4 Å². The van der Waals surface area contributed by atoms with Gasteiger partial charge in [0.2, 0.25) is 0 Å². The maximum atomic E-state index is 11.2. The second-order valence-electron chi connectivity index (χ2n) is 4.50. The average molecular weight is 319 g/mol. The van der Waals surface area contributed by atoms with Crippen molar-refractivity contribution >= 4 is 46.3 Å². The topological polar surface area (TPSA) is 46.5 Å². The van der Waals surface area contributed by atoms with Crippen molar-refractivity contribution in [2.75, 3.05) is 7.11 Å². The standard InChI is InChI=1S/C16H11ClO3S/c1-20-14-7-9-6-10(17)2-3-11(9)13(8-15(18)19)12-4-5-21-16(12)14/h2-8H,1H3,(H,18,19). The quantitative estimate of drug-likeness (QED) is 0.836. The van der Waals surface area contributed by atoms with Crippen molar-refractivity contribution in [3.05, 3.63) is 62.3 Å². The van der Waals surface area contributed by atoms with E-state index in [1.54, 1.807) is 13.2 Å². The Labute approximate surface area is 130 Å². The van der Waals surface area contributed by atoms with Gasteiger partial charge in [0.1, 0.15) is 5.76 Å². The summed E-state index contributed by atoms with van der Waals surface area (Å²) in [6.45, 7) is 0. The number of fused-ring (bicyclic) bond motifs is 2. The molecule has 2 aromatic rings. The highest BCUT2D eigenvalue weighted by Gasteiger charge is 2.22. The molecule has 1 aliphatic carbocycles. The van der Waals surface area contributed by atoms with Gasteiger partial charge in [0.05, 0.1) is 12.0 Å². The molecule has 0 fully saturated rings. The summed E-state index contributed by atoms with van der Waals surface area (Å²) < 4.78 is 5.46. The molecule has 1 heterocycles. The molecule has 106 valence electrons. The molecule has 0 atom stereocenters. The van der Waals surface area contributed by atoms with Gasteiger partial charge in [-0.25, -0.2) is 4.79 Å². The molecule has 1 aromatic heterocycles. The molecule has 0 saturated heterocycles. The number of thiophene rings is 1. The minimum absolute atomic E-state index is 0.598. The molecule has 0 saturated carbocycles. The Kier molecular flexibility index (Phi) is 3.57. The first kappa shape index (κ1) is 13.9. The minimum Gasteiger partial charge on any atom is -0.495 e. The number of rotatable bonds is 2. The zero-order valence-electron chi connectivity index (χ0n) is 11.1. The summed E-state index contributed by atoms with van der Waals surface area (Å²) in [6.07, 6.45) is 3.12. The molecule has 1 aromatic carbocycles. The third-order valence-electron chi connectivity index (χ3n) is 3.26. The SMILES string of the molecule is COC1=Cc2cc(Cl)ccc2C(=CC(=O)O)c2ccsc21. The van der Waals surface area contributed by atoms with Crippen LogP contribution in [0.5, 0.6) is 0 Å². The van der Waals surface area contributed by atoms with E-state index in [-0.39, 0.29) is 0 Å². The van der Waals surface area contributed by atoms with Gasteiger partial charge >= 0.3 is 5.97 Å². The lowest BCUT2D eigenvalue weighted by molar-refractivity contribution is -0.131. The lowest BCUT2D eigenvalue weighted by atomic mass is 9.96. The second-order valence-corrected chi connectivity index (χ2v) is 5.86. The summed E-state index contributed by atoms with van der Waals surface area (Å²) >= 11 is 7.57. The van der Waals surface area contributed by atoms with E-state index < -0.39 is 5.97 Å². The highest BCUT2D eigenvalue weighted by molar-refractivity contribution is 7.11. The highest BCUT2D eigenvalue weighted by Crippen LogP contribution is 2.40. The average Bonchev–Trinajstić information content (AvgIpc) is 2.87. The molecule has 0 unspecified atom stereocenters. The van der Waals surface area contributed by atoms with Gasteiger partial charge in [-0.3, -0.25) is 0 Å². The molecule has 21 heavy (non-hydrogen) atoms. The van der Waals surface area contributed by atoms with E-state index in [1.165, 1.54) is 17.4 Å². The van der Waals surface area contributed by atoms with Crippen LogP contribution in [0.15, 0.2) is 35.7 Å². The first-order chi connectivity index (χ1) is 10.1. The maximum absolute atomic E-state index is 11.2. The van der Waals surface area contributed by atoms with E-state index in [0.717, 1.165) is 21.6 Å². The summed E-state index contributed by atoms with van der Waals surface area (Å²) in [7, 11) is 1.60. The van der Waals surface area contributed by atoms with Crippen LogP contribution >= 0.6 is 22.9 Å². The van der Waals surface area contributed by atoms with Crippen molar-refractivity contribution < 1.29 is 14.6 Å². The monoisotopic (exact) mass is 318 g/mol. The van der Waals surface area contributed by atoms with Crippen molar-refractivity contribution in [2.24, 2.45) is 0 Å². The van der Waals surface area contributed by atoms with Gasteiger partial charge in [-0.2, -0.15) is 0 Å². The summed E-state index contributed by atoms with van der Waals surface area (Å²) in [4.78, 5) is 12.1. The summed E-state index contributed by atoms with van der Waals surface area (Å²) in [5.41, 5.74) is 3.19. The van der Waals surface area contributed by atoms with Crippen LogP contribution in [-0.4, -0.2) is 18.2 Å². The number of aliphatic carboxylic acids is 1. The molecular formula is C16H11ClO3S. The number of hydrogen-bond donors (Lipinski definition) is 1. The minimum atomic E-state index is -0.982. The van der Waals surface area contributed by atoms with Gasteiger partial charge in [0.25, 0.3) is 0 Å². The van der Waals surface area contributed by atoms with E-state index in [4.69, 9.17) is 16.3 Å². The first-order valence-electron chi connectivity index (χ1n) is 6.18. The summed E-state index contributed by atoms with van der Waals surface area (Å²) in [6, 6.07) is 7.31. The third-order valence-corrected chi connectivity index (χ3v) is 4.42. The largest absolute Gasteiger partial charge is 0.495 e. The van der Waals surface area contributed by atoms with E-state index >= 15 is 0 Å². The molecule has 0 radical (unpaired) electrons. The van der Waals surface area contributed by atoms with Crippen molar-refractivity contribution in [3.8, 4) is 0 Å². The molecule has 3 nitrogen and oxygen atoms in total. The Morgan fingerprint density at radius 3 is 2.86 bits per heavy atom.